The molecule has 1 N–H and O–H groups in total. The SMILES string of the molecule is Cc1ccc(OCC(=O)N/N=C\c2ccc(OC(F)F)cc2)c(C(C)C)c1. The number of carbonyl (C=O) groups excluding carboxylic acids is 1. The Morgan fingerprint density at radius 2 is 1.89 bits per heavy atom. The minimum atomic E-state index is -2.87. The lowest BCUT2D eigenvalue weighted by Gasteiger charge is -2.14. The number of hydrogen-bond donors (Lipinski definition) is 1. The number of hydrogen-bond acceptors (Lipinski definition) is 4. The van der Waals surface area contributed by atoms with Crippen LogP contribution in [0.25, 0.3) is 0 Å². The standard InChI is InChI=1S/C20H22F2N2O3/c1-13(2)17-10-14(3)4-9-18(17)26-12-19(25)24-23-11-15-5-7-16(8-6-15)27-20(21)22/h4-11,13,20H,12H2,1-3H3,(H,24,25)/b23-11-. The molecule has 0 spiro atoms. The third-order valence-corrected chi connectivity index (χ3v) is 3.65. The van der Waals surface area contributed by atoms with E-state index in [1.165, 1.54) is 18.3 Å². The van der Waals surface area contributed by atoms with E-state index in [4.69, 9.17) is 4.74 Å². The molecular weight excluding hydrogens is 354 g/mol. The fourth-order valence-corrected chi connectivity index (χ4v) is 2.34. The Morgan fingerprint density at radius 1 is 1.19 bits per heavy atom. The van der Waals surface area contributed by atoms with Gasteiger partial charge in [0.2, 0.25) is 0 Å². The molecule has 0 aliphatic heterocycles. The van der Waals surface area contributed by atoms with E-state index >= 15 is 0 Å². The predicted octanol–water partition coefficient (Wildman–Crippen LogP) is 4.25. The third kappa shape index (κ3) is 6.69. The Morgan fingerprint density at radius 3 is 2.52 bits per heavy atom. The first-order valence-corrected chi connectivity index (χ1v) is 8.45. The second-order valence-electron chi connectivity index (χ2n) is 6.23. The molecule has 0 saturated carbocycles. The molecule has 2 aromatic rings. The van der Waals surface area contributed by atoms with Crippen molar-refractivity contribution in [1.82, 2.24) is 5.43 Å². The van der Waals surface area contributed by atoms with Gasteiger partial charge in [0, 0.05) is 0 Å². The number of halogens is 2. The predicted molar refractivity (Wildman–Crippen MR) is 99.6 cm³/mol. The number of rotatable bonds is 8. The minimum Gasteiger partial charge on any atom is -0.483 e. The number of carbonyl (C=O) groups is 1. The zero-order valence-electron chi connectivity index (χ0n) is 15.4. The maximum absolute atomic E-state index is 12.1. The highest BCUT2D eigenvalue weighted by Crippen LogP contribution is 2.27. The van der Waals surface area contributed by atoms with Gasteiger partial charge in [-0.05, 0) is 54.3 Å². The Hall–Kier alpha value is -2.96. The van der Waals surface area contributed by atoms with E-state index in [0.29, 0.717) is 11.3 Å². The zero-order chi connectivity index (χ0) is 19.8. The lowest BCUT2D eigenvalue weighted by atomic mass is 10.00. The van der Waals surface area contributed by atoms with Gasteiger partial charge in [0.25, 0.3) is 5.91 Å². The largest absolute Gasteiger partial charge is 0.483 e. The summed E-state index contributed by atoms with van der Waals surface area (Å²) in [7, 11) is 0. The van der Waals surface area contributed by atoms with Crippen LogP contribution in [-0.2, 0) is 4.79 Å². The topological polar surface area (TPSA) is 59.9 Å². The third-order valence-electron chi connectivity index (χ3n) is 3.65. The second-order valence-corrected chi connectivity index (χ2v) is 6.23. The maximum Gasteiger partial charge on any atom is 0.387 e. The Labute approximate surface area is 157 Å². The molecule has 1 amide bonds. The molecule has 0 aliphatic rings. The summed E-state index contributed by atoms with van der Waals surface area (Å²) in [6.45, 7) is 3.09. The first kappa shape index (κ1) is 20.4. The van der Waals surface area contributed by atoms with Crippen molar-refractivity contribution >= 4 is 12.1 Å². The number of alkyl halides is 2. The molecule has 0 aliphatic carbocycles. The van der Waals surface area contributed by atoms with Crippen molar-refractivity contribution in [1.29, 1.82) is 0 Å². The van der Waals surface area contributed by atoms with Crippen molar-refractivity contribution in [2.45, 2.75) is 33.3 Å². The lowest BCUT2D eigenvalue weighted by molar-refractivity contribution is -0.123. The average Bonchev–Trinajstić information content (AvgIpc) is 2.61. The lowest BCUT2D eigenvalue weighted by Crippen LogP contribution is -2.24. The summed E-state index contributed by atoms with van der Waals surface area (Å²) < 4.78 is 34.0. The zero-order valence-corrected chi connectivity index (χ0v) is 15.4. The van der Waals surface area contributed by atoms with E-state index < -0.39 is 12.5 Å². The average molecular weight is 376 g/mol. The van der Waals surface area contributed by atoms with Crippen molar-refractivity contribution < 1.29 is 23.0 Å². The van der Waals surface area contributed by atoms with Crippen LogP contribution in [0.4, 0.5) is 8.78 Å². The van der Waals surface area contributed by atoms with Crippen molar-refractivity contribution in [2.75, 3.05) is 6.61 Å². The van der Waals surface area contributed by atoms with Crippen LogP contribution in [-0.4, -0.2) is 25.3 Å². The molecule has 0 bridgehead atoms. The van der Waals surface area contributed by atoms with Gasteiger partial charge in [0.1, 0.15) is 11.5 Å². The minimum absolute atomic E-state index is 0.0543. The summed E-state index contributed by atoms with van der Waals surface area (Å²) in [4.78, 5) is 11.9. The molecule has 144 valence electrons. The number of ether oxygens (including phenoxy) is 2. The Bertz CT molecular complexity index is 790. The highest BCUT2D eigenvalue weighted by molar-refractivity contribution is 5.83. The van der Waals surface area contributed by atoms with E-state index in [9.17, 15) is 13.6 Å². The normalized spacial score (nSPS) is 11.2. The maximum atomic E-state index is 12.1. The van der Waals surface area contributed by atoms with Crippen LogP contribution in [0.2, 0.25) is 0 Å². The van der Waals surface area contributed by atoms with Crippen LogP contribution in [0.1, 0.15) is 36.5 Å². The quantitative estimate of drug-likeness (QED) is 0.553. The van der Waals surface area contributed by atoms with Crippen LogP contribution in [0.5, 0.6) is 11.5 Å². The van der Waals surface area contributed by atoms with Gasteiger partial charge in [-0.25, -0.2) is 5.43 Å². The van der Waals surface area contributed by atoms with Gasteiger partial charge in [-0.3, -0.25) is 4.79 Å². The molecule has 7 heteroatoms. The van der Waals surface area contributed by atoms with Crippen LogP contribution >= 0.6 is 0 Å². The van der Waals surface area contributed by atoms with E-state index in [2.05, 4.69) is 29.1 Å². The van der Waals surface area contributed by atoms with Crippen LogP contribution in [0.3, 0.4) is 0 Å². The molecule has 2 rings (SSSR count). The van der Waals surface area contributed by atoms with Gasteiger partial charge in [-0.1, -0.05) is 31.5 Å². The first-order valence-electron chi connectivity index (χ1n) is 8.45. The number of amides is 1. The fourth-order valence-electron chi connectivity index (χ4n) is 2.34. The van der Waals surface area contributed by atoms with Gasteiger partial charge < -0.3 is 9.47 Å². The van der Waals surface area contributed by atoms with Gasteiger partial charge in [0.05, 0.1) is 6.21 Å². The number of hydrazone groups is 1. The summed E-state index contributed by atoms with van der Waals surface area (Å²) in [5, 5.41) is 3.82. The fraction of sp³-hybridized carbons (Fsp3) is 0.300. The highest BCUT2D eigenvalue weighted by Gasteiger charge is 2.10. The van der Waals surface area contributed by atoms with Gasteiger partial charge >= 0.3 is 6.61 Å². The molecule has 0 radical (unpaired) electrons. The molecule has 27 heavy (non-hydrogen) atoms. The monoisotopic (exact) mass is 376 g/mol. The molecule has 0 aromatic heterocycles. The van der Waals surface area contributed by atoms with Gasteiger partial charge in [0.15, 0.2) is 6.61 Å². The summed E-state index contributed by atoms with van der Waals surface area (Å²) in [6.07, 6.45) is 1.40. The van der Waals surface area contributed by atoms with Crippen molar-refractivity contribution in [3.8, 4) is 11.5 Å². The van der Waals surface area contributed by atoms with Crippen LogP contribution in [0, 0.1) is 6.92 Å². The van der Waals surface area contributed by atoms with Crippen LogP contribution in [0.15, 0.2) is 47.6 Å². The van der Waals surface area contributed by atoms with Crippen molar-refractivity contribution in [3.05, 3.63) is 59.2 Å². The van der Waals surface area contributed by atoms with Crippen molar-refractivity contribution in [3.63, 3.8) is 0 Å². The molecule has 2 aromatic carbocycles. The Kier molecular flexibility index (Phi) is 7.28. The molecule has 5 nitrogen and oxygen atoms in total. The number of nitrogens with zero attached hydrogens (tertiary/aromatic N) is 1. The second kappa shape index (κ2) is 9.66. The Balaban J connectivity index is 1.85. The number of nitrogens with one attached hydrogen (secondary N) is 1. The molecule has 0 fully saturated rings. The van der Waals surface area contributed by atoms with E-state index in [1.54, 1.807) is 12.1 Å². The van der Waals surface area contributed by atoms with E-state index in [-0.39, 0.29) is 18.3 Å². The highest BCUT2D eigenvalue weighted by atomic mass is 19.3. The summed E-state index contributed by atoms with van der Waals surface area (Å²) in [6, 6.07) is 11.7. The molecule has 0 atom stereocenters. The summed E-state index contributed by atoms with van der Waals surface area (Å²) in [5.74, 6) is 0.597. The molecule has 0 heterocycles. The summed E-state index contributed by atoms with van der Waals surface area (Å²) in [5.41, 5.74) is 5.16. The smallest absolute Gasteiger partial charge is 0.387 e. The molecule has 0 saturated heterocycles. The number of benzene rings is 2. The van der Waals surface area contributed by atoms with Crippen molar-refractivity contribution in [2.24, 2.45) is 5.10 Å². The first-order chi connectivity index (χ1) is 12.8. The van der Waals surface area contributed by atoms with Gasteiger partial charge in [-0.15, -0.1) is 0 Å². The molecule has 0 unspecified atom stereocenters. The van der Waals surface area contributed by atoms with E-state index in [1.807, 2.05) is 25.1 Å². The van der Waals surface area contributed by atoms with Gasteiger partial charge in [-0.2, -0.15) is 13.9 Å². The summed E-state index contributed by atoms with van der Waals surface area (Å²) >= 11 is 0. The molecular formula is C20H22F2N2O3. The van der Waals surface area contributed by atoms with Crippen LogP contribution < -0.4 is 14.9 Å². The number of aryl methyl sites for hydroxylation is 1. The van der Waals surface area contributed by atoms with E-state index in [0.717, 1.165) is 11.1 Å².